The van der Waals surface area contributed by atoms with Gasteiger partial charge in [0.25, 0.3) is 5.91 Å². The highest BCUT2D eigenvalue weighted by atomic mass is 32.2. The van der Waals surface area contributed by atoms with Gasteiger partial charge in [0.05, 0.1) is 22.9 Å². The average Bonchev–Trinajstić information content (AvgIpc) is 3.37. The first-order valence-electron chi connectivity index (χ1n) is 9.46. The Morgan fingerprint density at radius 2 is 1.97 bits per heavy atom. The Morgan fingerprint density at radius 3 is 2.69 bits per heavy atom. The predicted molar refractivity (Wildman–Crippen MR) is 119 cm³/mol. The number of nitrogens with zero attached hydrogens (tertiary/aromatic N) is 3. The summed E-state index contributed by atoms with van der Waals surface area (Å²) in [5.41, 5.74) is 3.55. The summed E-state index contributed by atoms with van der Waals surface area (Å²) in [6, 6.07) is 13.7. The summed E-state index contributed by atoms with van der Waals surface area (Å²) in [7, 11) is 0. The monoisotopic (exact) mass is 422 g/mol. The summed E-state index contributed by atoms with van der Waals surface area (Å²) in [4.78, 5) is 22.7. The van der Waals surface area contributed by atoms with Crippen LogP contribution in [0, 0.1) is 0 Å². The van der Waals surface area contributed by atoms with Gasteiger partial charge in [-0.2, -0.15) is 0 Å². The Balaban J connectivity index is 1.31. The Kier molecular flexibility index (Phi) is 5.97. The number of thiazole rings is 1. The minimum absolute atomic E-state index is 0.0824. The van der Waals surface area contributed by atoms with E-state index in [1.54, 1.807) is 23.1 Å². The van der Waals surface area contributed by atoms with Crippen molar-refractivity contribution in [2.24, 2.45) is 0 Å². The number of pyridine rings is 1. The number of benzene rings is 1. The van der Waals surface area contributed by atoms with E-state index in [1.807, 2.05) is 64.6 Å². The Labute approximate surface area is 178 Å². The molecule has 3 aromatic heterocycles. The number of hydrogen-bond donors (Lipinski definition) is 1. The van der Waals surface area contributed by atoms with Crippen LogP contribution in [0.25, 0.3) is 5.65 Å². The lowest BCUT2D eigenvalue weighted by atomic mass is 10.2. The molecule has 1 N–H and O–H groups in total. The van der Waals surface area contributed by atoms with Crippen LogP contribution in [-0.2, 0) is 12.3 Å². The van der Waals surface area contributed by atoms with E-state index in [1.165, 1.54) is 0 Å². The number of nitrogens with one attached hydrogen (secondary N) is 1. The zero-order chi connectivity index (χ0) is 20.2. The summed E-state index contributed by atoms with van der Waals surface area (Å²) < 4.78 is 2.02. The van der Waals surface area contributed by atoms with Crippen LogP contribution in [0.15, 0.2) is 65.1 Å². The molecule has 3 heterocycles. The summed E-state index contributed by atoms with van der Waals surface area (Å²) in [6.07, 6.45) is 4.05. The van der Waals surface area contributed by atoms with E-state index in [0.29, 0.717) is 18.0 Å². The van der Waals surface area contributed by atoms with Gasteiger partial charge in [-0.3, -0.25) is 4.79 Å². The van der Waals surface area contributed by atoms with Crippen molar-refractivity contribution in [3.05, 3.63) is 82.2 Å². The van der Waals surface area contributed by atoms with Crippen LogP contribution >= 0.6 is 23.1 Å². The third-order valence-corrected chi connectivity index (χ3v) is 6.65. The first-order chi connectivity index (χ1) is 14.1. The summed E-state index contributed by atoms with van der Waals surface area (Å²) in [5, 5.41) is 6.05. The van der Waals surface area contributed by atoms with Crippen LogP contribution in [0.2, 0.25) is 0 Å². The number of aromatic nitrogens is 3. The number of hydrogen-bond acceptors (Lipinski definition) is 5. The van der Waals surface area contributed by atoms with Crippen molar-refractivity contribution in [2.45, 2.75) is 37.0 Å². The molecule has 0 spiro atoms. The van der Waals surface area contributed by atoms with E-state index >= 15 is 0 Å². The maximum atomic E-state index is 12.4. The number of rotatable bonds is 7. The van der Waals surface area contributed by atoms with Gasteiger partial charge >= 0.3 is 0 Å². The third kappa shape index (κ3) is 4.86. The van der Waals surface area contributed by atoms with Gasteiger partial charge < -0.3 is 9.72 Å². The van der Waals surface area contributed by atoms with E-state index in [4.69, 9.17) is 0 Å². The lowest BCUT2D eigenvalue weighted by molar-refractivity contribution is 0.0950. The highest BCUT2D eigenvalue weighted by Gasteiger charge is 2.09. The molecule has 4 rings (SSSR count). The van der Waals surface area contributed by atoms with Crippen molar-refractivity contribution in [3.63, 3.8) is 0 Å². The first-order valence-corrected chi connectivity index (χ1v) is 11.3. The van der Waals surface area contributed by atoms with Gasteiger partial charge in [0.1, 0.15) is 5.65 Å². The molecule has 29 heavy (non-hydrogen) atoms. The molecule has 0 unspecified atom stereocenters. The molecular formula is C22H22N4OS2. The van der Waals surface area contributed by atoms with E-state index < -0.39 is 0 Å². The van der Waals surface area contributed by atoms with Crippen LogP contribution in [0.4, 0.5) is 0 Å². The van der Waals surface area contributed by atoms with Gasteiger partial charge in [-0.15, -0.1) is 23.1 Å². The van der Waals surface area contributed by atoms with Crippen LogP contribution in [0.1, 0.15) is 46.5 Å². The third-order valence-electron chi connectivity index (χ3n) is 4.41. The van der Waals surface area contributed by atoms with Crippen molar-refractivity contribution >= 4 is 34.7 Å². The molecule has 0 saturated carbocycles. The van der Waals surface area contributed by atoms with Gasteiger partial charge in [0, 0.05) is 39.9 Å². The topological polar surface area (TPSA) is 59.3 Å². The molecule has 5 nitrogen and oxygen atoms in total. The summed E-state index contributed by atoms with van der Waals surface area (Å²) >= 11 is 3.35. The maximum absolute atomic E-state index is 12.4. The molecule has 0 aliphatic heterocycles. The van der Waals surface area contributed by atoms with E-state index in [9.17, 15) is 4.79 Å². The quantitative estimate of drug-likeness (QED) is 0.419. The molecule has 0 atom stereocenters. The van der Waals surface area contributed by atoms with Crippen LogP contribution < -0.4 is 5.32 Å². The predicted octanol–water partition coefficient (Wildman–Crippen LogP) is 5.14. The minimum atomic E-state index is -0.0824. The lowest BCUT2D eigenvalue weighted by Crippen LogP contribution is -2.22. The second kappa shape index (κ2) is 8.80. The zero-order valence-corrected chi connectivity index (χ0v) is 18.0. The molecule has 0 aliphatic rings. The Bertz CT molecular complexity index is 1080. The van der Waals surface area contributed by atoms with Gasteiger partial charge in [0.15, 0.2) is 0 Å². The standard InChI is InChI=1S/C22H22N4OS2/c1-15(2)22-25-17(13-29-22)11-23-21(27)16-6-8-19(9-7-16)28-14-18-12-26-10-4-3-5-20(26)24-18/h3-10,12-13,15H,11,14H2,1-2H3,(H,23,27). The van der Waals surface area contributed by atoms with Gasteiger partial charge in [0.2, 0.25) is 0 Å². The summed E-state index contributed by atoms with van der Waals surface area (Å²) in [6.45, 7) is 4.69. The number of carbonyl (C=O) groups is 1. The van der Waals surface area contributed by atoms with E-state index in [-0.39, 0.29) is 5.91 Å². The molecule has 7 heteroatoms. The van der Waals surface area contributed by atoms with Crippen molar-refractivity contribution in [2.75, 3.05) is 0 Å². The molecule has 0 bridgehead atoms. The van der Waals surface area contributed by atoms with Crippen molar-refractivity contribution in [3.8, 4) is 0 Å². The van der Waals surface area contributed by atoms with Gasteiger partial charge in [-0.25, -0.2) is 9.97 Å². The minimum Gasteiger partial charge on any atom is -0.346 e. The highest BCUT2D eigenvalue weighted by molar-refractivity contribution is 7.98. The molecule has 4 aromatic rings. The number of thioether (sulfide) groups is 1. The van der Waals surface area contributed by atoms with Crippen molar-refractivity contribution < 1.29 is 4.79 Å². The SMILES string of the molecule is CC(C)c1nc(CNC(=O)c2ccc(SCc3cn4ccccc4n3)cc2)cs1. The van der Waals surface area contributed by atoms with Crippen molar-refractivity contribution in [1.82, 2.24) is 19.7 Å². The maximum Gasteiger partial charge on any atom is 0.251 e. The van der Waals surface area contributed by atoms with E-state index in [0.717, 1.165) is 32.7 Å². The number of amides is 1. The molecule has 0 saturated heterocycles. The summed E-state index contributed by atoms with van der Waals surface area (Å²) in [5.74, 6) is 1.12. The Hall–Kier alpha value is -2.64. The fourth-order valence-electron chi connectivity index (χ4n) is 2.86. The molecule has 0 aliphatic carbocycles. The second-order valence-corrected chi connectivity index (χ2v) is 8.96. The molecule has 0 radical (unpaired) electrons. The molecule has 1 aromatic carbocycles. The van der Waals surface area contributed by atoms with Crippen molar-refractivity contribution in [1.29, 1.82) is 0 Å². The van der Waals surface area contributed by atoms with E-state index in [2.05, 4.69) is 29.1 Å². The van der Waals surface area contributed by atoms with Crippen LogP contribution in [-0.4, -0.2) is 20.3 Å². The highest BCUT2D eigenvalue weighted by Crippen LogP contribution is 2.23. The van der Waals surface area contributed by atoms with Gasteiger partial charge in [-0.05, 0) is 36.4 Å². The number of fused-ring (bicyclic) bond motifs is 1. The lowest BCUT2D eigenvalue weighted by Gasteiger charge is -2.05. The fraction of sp³-hybridized carbons (Fsp3) is 0.227. The fourth-order valence-corrected chi connectivity index (χ4v) is 4.48. The normalized spacial score (nSPS) is 11.3. The smallest absolute Gasteiger partial charge is 0.251 e. The first kappa shape index (κ1) is 19.7. The van der Waals surface area contributed by atoms with Gasteiger partial charge in [-0.1, -0.05) is 19.9 Å². The number of carbonyl (C=O) groups excluding carboxylic acids is 1. The molecule has 0 fully saturated rings. The molecule has 148 valence electrons. The molecular weight excluding hydrogens is 400 g/mol. The largest absolute Gasteiger partial charge is 0.346 e. The van der Waals surface area contributed by atoms with Crippen LogP contribution in [0.3, 0.4) is 0 Å². The molecule has 1 amide bonds. The number of imidazole rings is 1. The Morgan fingerprint density at radius 1 is 1.14 bits per heavy atom. The second-order valence-electron chi connectivity index (χ2n) is 7.03. The average molecular weight is 423 g/mol. The zero-order valence-electron chi connectivity index (χ0n) is 16.3. The van der Waals surface area contributed by atoms with Crippen LogP contribution in [0.5, 0.6) is 0 Å².